The molecule has 5 nitrogen and oxygen atoms in total. The van der Waals surface area contributed by atoms with Crippen LogP contribution in [0.5, 0.6) is 23.0 Å². The maximum absolute atomic E-state index is 12.7. The summed E-state index contributed by atoms with van der Waals surface area (Å²) in [5.41, 5.74) is 0.508. The van der Waals surface area contributed by atoms with Gasteiger partial charge in [-0.3, -0.25) is 0 Å². The van der Waals surface area contributed by atoms with Crippen molar-refractivity contribution in [1.82, 2.24) is 0 Å². The van der Waals surface area contributed by atoms with Gasteiger partial charge in [-0.2, -0.15) is 0 Å². The van der Waals surface area contributed by atoms with E-state index < -0.39 is 5.63 Å². The smallest absolute Gasteiger partial charge is 0.380 e. The molecule has 7 heteroatoms. The van der Waals surface area contributed by atoms with Gasteiger partial charge in [0.05, 0.1) is 5.02 Å². The molecule has 28 heavy (non-hydrogen) atoms. The van der Waals surface area contributed by atoms with Crippen molar-refractivity contribution in [2.45, 2.75) is 0 Å². The Bertz CT molecular complexity index is 1250. The van der Waals surface area contributed by atoms with Crippen LogP contribution < -0.4 is 10.4 Å². The molecule has 0 amide bonds. The second kappa shape index (κ2) is 7.11. The van der Waals surface area contributed by atoms with Crippen LogP contribution in [0.1, 0.15) is 0 Å². The lowest BCUT2D eigenvalue weighted by Gasteiger charge is -2.14. The summed E-state index contributed by atoms with van der Waals surface area (Å²) in [7, 11) is 0. The lowest BCUT2D eigenvalue weighted by Crippen LogP contribution is -2.06. The van der Waals surface area contributed by atoms with E-state index in [0.717, 1.165) is 0 Å². The third-order valence-electron chi connectivity index (χ3n) is 4.11. The molecule has 0 saturated carbocycles. The van der Waals surface area contributed by atoms with E-state index in [1.807, 2.05) is 0 Å². The minimum atomic E-state index is -0.743. The number of hydrogen-bond acceptors (Lipinski definition) is 5. The number of aromatic hydroxyl groups is 2. The summed E-state index contributed by atoms with van der Waals surface area (Å²) in [4.78, 5) is 12.7. The monoisotopic (exact) mass is 414 g/mol. The van der Waals surface area contributed by atoms with Gasteiger partial charge in [0.2, 0.25) is 5.75 Å². The normalized spacial score (nSPS) is 10.9. The van der Waals surface area contributed by atoms with E-state index in [1.165, 1.54) is 30.3 Å². The molecule has 1 aromatic heterocycles. The highest BCUT2D eigenvalue weighted by molar-refractivity contribution is 6.35. The number of benzene rings is 3. The Labute approximate surface area is 169 Å². The summed E-state index contributed by atoms with van der Waals surface area (Å²) in [6.07, 6.45) is 0. The Kier molecular flexibility index (Phi) is 4.63. The predicted molar refractivity (Wildman–Crippen MR) is 108 cm³/mol. The third kappa shape index (κ3) is 3.38. The van der Waals surface area contributed by atoms with Crippen molar-refractivity contribution in [2.75, 3.05) is 0 Å². The number of hydrogen-bond donors (Lipinski definition) is 2. The molecular formula is C21H12Cl2O5. The van der Waals surface area contributed by atoms with E-state index in [0.29, 0.717) is 21.5 Å². The second-order valence-electron chi connectivity index (χ2n) is 6.00. The lowest BCUT2D eigenvalue weighted by molar-refractivity contribution is 0.437. The summed E-state index contributed by atoms with van der Waals surface area (Å²) in [5.74, 6) is 0.197. The van der Waals surface area contributed by atoms with Gasteiger partial charge in [0, 0.05) is 22.0 Å². The van der Waals surface area contributed by atoms with E-state index >= 15 is 0 Å². The molecular weight excluding hydrogens is 403 g/mol. The molecule has 0 aliphatic rings. The second-order valence-corrected chi connectivity index (χ2v) is 6.84. The zero-order chi connectivity index (χ0) is 19.8. The van der Waals surface area contributed by atoms with Crippen molar-refractivity contribution >= 4 is 34.2 Å². The SMILES string of the molecule is O=c1oc2cc(O)ccc2c(-c2ccc(O)cc2)c1Oc1ccc(Cl)cc1Cl. The Balaban J connectivity index is 2.00. The molecule has 0 aliphatic carbocycles. The van der Waals surface area contributed by atoms with E-state index in [9.17, 15) is 15.0 Å². The van der Waals surface area contributed by atoms with Gasteiger partial charge >= 0.3 is 5.63 Å². The van der Waals surface area contributed by atoms with Crippen molar-refractivity contribution in [3.05, 3.63) is 81.1 Å². The van der Waals surface area contributed by atoms with Crippen LogP contribution in [0.15, 0.2) is 69.9 Å². The molecule has 0 saturated heterocycles. The average molecular weight is 415 g/mol. The fourth-order valence-corrected chi connectivity index (χ4v) is 3.29. The Morgan fingerprint density at radius 1 is 0.857 bits per heavy atom. The average Bonchev–Trinajstić information content (AvgIpc) is 2.65. The van der Waals surface area contributed by atoms with Crippen LogP contribution in [-0.2, 0) is 0 Å². The van der Waals surface area contributed by atoms with Crippen molar-refractivity contribution in [3.63, 3.8) is 0 Å². The summed E-state index contributed by atoms with van der Waals surface area (Å²) < 4.78 is 11.2. The standard InChI is InChI=1S/C21H12Cl2O5/c22-12-3-8-17(16(23)9-12)27-20-19(11-1-4-13(24)5-2-11)15-7-6-14(25)10-18(15)28-21(20)26/h1-10,24-25H. The number of ether oxygens (including phenoxy) is 1. The largest absolute Gasteiger partial charge is 0.508 e. The van der Waals surface area contributed by atoms with E-state index in [1.54, 1.807) is 30.3 Å². The van der Waals surface area contributed by atoms with Gasteiger partial charge in [0.1, 0.15) is 22.8 Å². The first-order valence-electron chi connectivity index (χ1n) is 8.14. The van der Waals surface area contributed by atoms with Gasteiger partial charge in [0.15, 0.2) is 0 Å². The number of phenols is 2. The maximum Gasteiger partial charge on any atom is 0.380 e. The van der Waals surface area contributed by atoms with Crippen molar-refractivity contribution in [3.8, 4) is 34.1 Å². The fraction of sp³-hybridized carbons (Fsp3) is 0. The third-order valence-corrected chi connectivity index (χ3v) is 4.64. The fourth-order valence-electron chi connectivity index (χ4n) is 2.85. The molecule has 0 bridgehead atoms. The summed E-state index contributed by atoms with van der Waals surface area (Å²) in [5, 5.41) is 20.5. The van der Waals surface area contributed by atoms with Crippen molar-refractivity contribution in [2.24, 2.45) is 0 Å². The van der Waals surface area contributed by atoms with Gasteiger partial charge in [-0.1, -0.05) is 35.3 Å². The van der Waals surface area contributed by atoms with Crippen LogP contribution in [0.25, 0.3) is 22.1 Å². The van der Waals surface area contributed by atoms with Gasteiger partial charge in [0.25, 0.3) is 0 Å². The van der Waals surface area contributed by atoms with Crippen LogP contribution in [0.3, 0.4) is 0 Å². The van der Waals surface area contributed by atoms with Crippen LogP contribution in [-0.4, -0.2) is 10.2 Å². The van der Waals surface area contributed by atoms with Crippen LogP contribution in [0.2, 0.25) is 10.0 Å². The first-order valence-corrected chi connectivity index (χ1v) is 8.90. The van der Waals surface area contributed by atoms with E-state index in [-0.39, 0.29) is 33.6 Å². The van der Waals surface area contributed by atoms with Gasteiger partial charge < -0.3 is 19.4 Å². The molecule has 140 valence electrons. The Hall–Kier alpha value is -3.15. The molecule has 4 rings (SSSR count). The Morgan fingerprint density at radius 2 is 1.57 bits per heavy atom. The highest BCUT2D eigenvalue weighted by Crippen LogP contribution is 2.40. The summed E-state index contributed by atoms with van der Waals surface area (Å²) >= 11 is 12.1. The molecule has 0 unspecified atom stereocenters. The van der Waals surface area contributed by atoms with Gasteiger partial charge in [-0.15, -0.1) is 0 Å². The minimum absolute atomic E-state index is 0.0401. The first kappa shape index (κ1) is 18.2. The van der Waals surface area contributed by atoms with E-state index in [4.69, 9.17) is 32.4 Å². The summed E-state index contributed by atoms with van der Waals surface area (Å²) in [6, 6.07) is 15.4. The zero-order valence-electron chi connectivity index (χ0n) is 14.1. The number of phenolic OH excluding ortho intramolecular Hbond substituents is 2. The molecule has 0 radical (unpaired) electrons. The predicted octanol–water partition coefficient (Wildman–Crippen LogP) is 5.97. The highest BCUT2D eigenvalue weighted by Gasteiger charge is 2.20. The van der Waals surface area contributed by atoms with Crippen LogP contribution in [0, 0.1) is 0 Å². The zero-order valence-corrected chi connectivity index (χ0v) is 15.7. The van der Waals surface area contributed by atoms with E-state index in [2.05, 4.69) is 0 Å². The minimum Gasteiger partial charge on any atom is -0.508 e. The van der Waals surface area contributed by atoms with Crippen LogP contribution in [0.4, 0.5) is 0 Å². The van der Waals surface area contributed by atoms with Crippen LogP contribution >= 0.6 is 23.2 Å². The van der Waals surface area contributed by atoms with Gasteiger partial charge in [-0.05, 0) is 48.0 Å². The molecule has 1 heterocycles. The molecule has 0 aliphatic heterocycles. The number of fused-ring (bicyclic) bond motifs is 1. The van der Waals surface area contributed by atoms with Crippen molar-refractivity contribution in [1.29, 1.82) is 0 Å². The highest BCUT2D eigenvalue weighted by atomic mass is 35.5. The number of halogens is 2. The lowest BCUT2D eigenvalue weighted by atomic mass is 10.0. The maximum atomic E-state index is 12.7. The Morgan fingerprint density at radius 3 is 2.29 bits per heavy atom. The van der Waals surface area contributed by atoms with Gasteiger partial charge in [-0.25, -0.2) is 4.79 Å². The molecule has 0 atom stereocenters. The molecule has 3 aromatic carbocycles. The molecule has 0 fully saturated rings. The molecule has 2 N–H and O–H groups in total. The van der Waals surface area contributed by atoms with Crippen molar-refractivity contribution < 1.29 is 19.4 Å². The topological polar surface area (TPSA) is 79.9 Å². The molecule has 4 aromatic rings. The summed E-state index contributed by atoms with van der Waals surface area (Å²) in [6.45, 7) is 0. The number of rotatable bonds is 3. The molecule has 0 spiro atoms. The quantitative estimate of drug-likeness (QED) is 0.403. The first-order chi connectivity index (χ1) is 13.4.